The second kappa shape index (κ2) is 7.23. The normalized spacial score (nSPS) is 20.8. The van der Waals surface area contributed by atoms with Gasteiger partial charge in [0.15, 0.2) is 11.5 Å². The second-order valence-electron chi connectivity index (χ2n) is 6.28. The van der Waals surface area contributed by atoms with Crippen LogP contribution in [-0.4, -0.2) is 18.6 Å². The van der Waals surface area contributed by atoms with Crippen LogP contribution in [0, 0.1) is 0 Å². The van der Waals surface area contributed by atoms with Crippen molar-refractivity contribution < 1.29 is 14.3 Å². The Morgan fingerprint density at radius 3 is 2.80 bits per heavy atom. The molecule has 2 atom stereocenters. The number of para-hydroxylation sites is 2. The van der Waals surface area contributed by atoms with Gasteiger partial charge >= 0.3 is 0 Å². The van der Waals surface area contributed by atoms with Gasteiger partial charge in [0.25, 0.3) is 5.91 Å². The average molecular weight is 361 g/mol. The first kappa shape index (κ1) is 17.4. The zero-order valence-corrected chi connectivity index (χ0v) is 14.6. The van der Waals surface area contributed by atoms with Crippen LogP contribution in [0.15, 0.2) is 42.5 Å². The number of carbonyl (C=O) groups is 1. The number of ether oxygens (including phenoxy) is 2. The fraction of sp³-hybridized carbons (Fsp3) is 0.316. The molecular weight excluding hydrogens is 340 g/mol. The van der Waals surface area contributed by atoms with E-state index in [-0.39, 0.29) is 31.0 Å². The maximum absolute atomic E-state index is 12.6. The van der Waals surface area contributed by atoms with Crippen LogP contribution in [0.2, 0.25) is 0 Å². The van der Waals surface area contributed by atoms with Crippen molar-refractivity contribution in [1.82, 2.24) is 5.32 Å². The van der Waals surface area contributed by atoms with Crippen molar-refractivity contribution in [2.75, 3.05) is 12.3 Å². The summed E-state index contributed by atoms with van der Waals surface area (Å²) in [4.78, 5) is 12.6. The van der Waals surface area contributed by atoms with Crippen molar-refractivity contribution in [3.63, 3.8) is 0 Å². The van der Waals surface area contributed by atoms with Crippen molar-refractivity contribution in [2.45, 2.75) is 31.4 Å². The number of fused-ring (bicyclic) bond motifs is 2. The van der Waals surface area contributed by atoms with Crippen LogP contribution < -0.4 is 20.5 Å². The lowest BCUT2D eigenvalue weighted by atomic mass is 9.87. The SMILES string of the molecule is Cl.Nc1ccc2c(c1)CCCC2NC(=O)C1COc2ccccc2O1. The number of rotatable bonds is 2. The molecule has 25 heavy (non-hydrogen) atoms. The molecule has 2 aliphatic rings. The van der Waals surface area contributed by atoms with E-state index in [1.54, 1.807) is 0 Å². The Bertz CT molecular complexity index is 781. The van der Waals surface area contributed by atoms with Crippen LogP contribution in [0.25, 0.3) is 0 Å². The van der Waals surface area contributed by atoms with Crippen LogP contribution >= 0.6 is 12.4 Å². The summed E-state index contributed by atoms with van der Waals surface area (Å²) in [7, 11) is 0. The monoisotopic (exact) mass is 360 g/mol. The highest BCUT2D eigenvalue weighted by Crippen LogP contribution is 2.33. The highest BCUT2D eigenvalue weighted by molar-refractivity contribution is 5.85. The standard InChI is InChI=1S/C19H20N2O3.ClH/c20-13-8-9-14-12(10-13)4-3-5-15(14)21-19(22)18-11-23-16-6-1-2-7-17(16)24-18;/h1-2,6-10,15,18H,3-5,11,20H2,(H,21,22);1H. The number of carbonyl (C=O) groups excluding carboxylic acids is 1. The average Bonchev–Trinajstić information content (AvgIpc) is 2.61. The second-order valence-corrected chi connectivity index (χ2v) is 6.28. The van der Waals surface area contributed by atoms with Gasteiger partial charge in [-0.25, -0.2) is 0 Å². The number of nitrogens with one attached hydrogen (secondary N) is 1. The van der Waals surface area contributed by atoms with Gasteiger partial charge in [-0.2, -0.15) is 0 Å². The third kappa shape index (κ3) is 3.51. The number of amides is 1. The van der Waals surface area contributed by atoms with E-state index in [1.807, 2.05) is 42.5 Å². The molecule has 1 aliphatic heterocycles. The Hall–Kier alpha value is -2.40. The minimum absolute atomic E-state index is 0. The molecule has 4 rings (SSSR count). The van der Waals surface area contributed by atoms with Gasteiger partial charge in [-0.3, -0.25) is 4.79 Å². The number of anilines is 1. The van der Waals surface area contributed by atoms with Gasteiger partial charge in [-0.05, 0) is 54.7 Å². The van der Waals surface area contributed by atoms with Crippen LogP contribution in [-0.2, 0) is 11.2 Å². The molecule has 0 radical (unpaired) electrons. The molecule has 2 aromatic rings. The minimum Gasteiger partial charge on any atom is -0.485 e. The zero-order chi connectivity index (χ0) is 16.5. The topological polar surface area (TPSA) is 73.6 Å². The number of nitrogen functional groups attached to an aromatic ring is 1. The van der Waals surface area contributed by atoms with Crippen molar-refractivity contribution >= 4 is 24.0 Å². The van der Waals surface area contributed by atoms with Gasteiger partial charge in [0, 0.05) is 5.69 Å². The van der Waals surface area contributed by atoms with E-state index in [0.717, 1.165) is 30.5 Å². The van der Waals surface area contributed by atoms with Crippen LogP contribution in [0.4, 0.5) is 5.69 Å². The smallest absolute Gasteiger partial charge is 0.265 e. The molecule has 2 aromatic carbocycles. The first-order valence-corrected chi connectivity index (χ1v) is 8.28. The number of aryl methyl sites for hydroxylation is 1. The first-order valence-electron chi connectivity index (χ1n) is 8.28. The molecular formula is C19H21ClN2O3. The predicted molar refractivity (Wildman–Crippen MR) is 98.3 cm³/mol. The van der Waals surface area contributed by atoms with E-state index in [4.69, 9.17) is 15.2 Å². The van der Waals surface area contributed by atoms with E-state index >= 15 is 0 Å². The van der Waals surface area contributed by atoms with Gasteiger partial charge in [-0.15, -0.1) is 12.4 Å². The van der Waals surface area contributed by atoms with Crippen LogP contribution in [0.3, 0.4) is 0 Å². The number of halogens is 1. The Labute approximate surface area is 152 Å². The highest BCUT2D eigenvalue weighted by Gasteiger charge is 2.30. The minimum atomic E-state index is -0.626. The maximum atomic E-state index is 12.6. The molecule has 1 aliphatic carbocycles. The van der Waals surface area contributed by atoms with Gasteiger partial charge in [0.2, 0.25) is 6.10 Å². The van der Waals surface area contributed by atoms with E-state index in [0.29, 0.717) is 11.5 Å². The summed E-state index contributed by atoms with van der Waals surface area (Å²) in [6.07, 6.45) is 2.33. The molecule has 0 fully saturated rings. The number of hydrogen-bond donors (Lipinski definition) is 2. The molecule has 0 saturated heterocycles. The van der Waals surface area contributed by atoms with Crippen LogP contribution in [0.1, 0.15) is 30.0 Å². The van der Waals surface area contributed by atoms with E-state index in [2.05, 4.69) is 5.32 Å². The van der Waals surface area contributed by atoms with Gasteiger partial charge in [0.05, 0.1) is 6.04 Å². The lowest BCUT2D eigenvalue weighted by molar-refractivity contribution is -0.131. The van der Waals surface area contributed by atoms with Crippen molar-refractivity contribution in [3.05, 3.63) is 53.6 Å². The van der Waals surface area contributed by atoms with Crippen molar-refractivity contribution in [1.29, 1.82) is 0 Å². The summed E-state index contributed by atoms with van der Waals surface area (Å²) in [6, 6.07) is 13.3. The third-order valence-corrected chi connectivity index (χ3v) is 4.60. The number of benzene rings is 2. The van der Waals surface area contributed by atoms with Gasteiger partial charge in [-0.1, -0.05) is 18.2 Å². The predicted octanol–water partition coefficient (Wildman–Crippen LogP) is 3.02. The van der Waals surface area contributed by atoms with Crippen LogP contribution in [0.5, 0.6) is 11.5 Å². The third-order valence-electron chi connectivity index (χ3n) is 4.60. The molecule has 5 nitrogen and oxygen atoms in total. The Morgan fingerprint density at radius 1 is 1.16 bits per heavy atom. The Balaban J connectivity index is 0.00000182. The van der Waals surface area contributed by atoms with Gasteiger partial charge < -0.3 is 20.5 Å². The quantitative estimate of drug-likeness (QED) is 0.807. The lowest BCUT2D eigenvalue weighted by Crippen LogP contribution is -2.45. The van der Waals surface area contributed by atoms with Gasteiger partial charge in [0.1, 0.15) is 6.61 Å². The molecule has 3 N–H and O–H groups in total. The zero-order valence-electron chi connectivity index (χ0n) is 13.7. The van der Waals surface area contributed by atoms with E-state index in [9.17, 15) is 4.79 Å². The molecule has 0 saturated carbocycles. The molecule has 0 spiro atoms. The molecule has 2 unspecified atom stereocenters. The molecule has 1 heterocycles. The van der Waals surface area contributed by atoms with E-state index < -0.39 is 6.10 Å². The number of nitrogens with two attached hydrogens (primary N) is 1. The Morgan fingerprint density at radius 2 is 1.96 bits per heavy atom. The molecule has 6 heteroatoms. The van der Waals surface area contributed by atoms with Crippen molar-refractivity contribution in [2.24, 2.45) is 0 Å². The lowest BCUT2D eigenvalue weighted by Gasteiger charge is -2.30. The summed E-state index contributed by atoms with van der Waals surface area (Å²) >= 11 is 0. The molecule has 0 aromatic heterocycles. The fourth-order valence-corrected chi connectivity index (χ4v) is 3.40. The van der Waals surface area contributed by atoms with Crippen molar-refractivity contribution in [3.8, 4) is 11.5 Å². The largest absolute Gasteiger partial charge is 0.485 e. The summed E-state index contributed by atoms with van der Waals surface area (Å²) in [6.45, 7) is 0.226. The number of hydrogen-bond acceptors (Lipinski definition) is 4. The molecule has 132 valence electrons. The maximum Gasteiger partial charge on any atom is 0.265 e. The molecule has 1 amide bonds. The summed E-state index contributed by atoms with van der Waals surface area (Å²) in [5.74, 6) is 1.15. The Kier molecular flexibility index (Phi) is 5.04. The summed E-state index contributed by atoms with van der Waals surface area (Å²) < 4.78 is 11.4. The van der Waals surface area contributed by atoms with E-state index in [1.165, 1.54) is 5.56 Å². The highest BCUT2D eigenvalue weighted by atomic mass is 35.5. The fourth-order valence-electron chi connectivity index (χ4n) is 3.40. The summed E-state index contributed by atoms with van der Waals surface area (Å²) in [5, 5.41) is 3.11. The first-order chi connectivity index (χ1) is 11.7. The molecule has 0 bridgehead atoms. The summed E-state index contributed by atoms with van der Waals surface area (Å²) in [5.41, 5.74) is 9.01.